The van der Waals surface area contributed by atoms with Crippen LogP contribution in [-0.2, 0) is 16.9 Å². The van der Waals surface area contributed by atoms with E-state index in [9.17, 15) is 4.79 Å². The summed E-state index contributed by atoms with van der Waals surface area (Å²) < 4.78 is 6.22. The van der Waals surface area contributed by atoms with Crippen LogP contribution in [0.2, 0.25) is 0 Å². The van der Waals surface area contributed by atoms with E-state index in [1.807, 2.05) is 36.4 Å². The van der Waals surface area contributed by atoms with Crippen LogP contribution in [0.1, 0.15) is 30.4 Å². The average molecular weight is 389 g/mol. The molecular weight excluding hydrogens is 368 g/mol. The van der Waals surface area contributed by atoms with Crippen molar-refractivity contribution in [2.75, 3.05) is 12.4 Å². The summed E-state index contributed by atoms with van der Waals surface area (Å²) >= 11 is 3.51. The van der Waals surface area contributed by atoms with Crippen molar-refractivity contribution >= 4 is 27.6 Å². The number of ether oxygens (including phenoxy) is 1. The van der Waals surface area contributed by atoms with Crippen molar-refractivity contribution in [3.8, 4) is 0 Å². The molecule has 0 aliphatic heterocycles. The molecule has 2 N–H and O–H groups in total. The monoisotopic (exact) mass is 388 g/mol. The summed E-state index contributed by atoms with van der Waals surface area (Å²) in [6, 6.07) is 15.7. The van der Waals surface area contributed by atoms with Gasteiger partial charge in [0.2, 0.25) is 0 Å². The van der Waals surface area contributed by atoms with Crippen molar-refractivity contribution in [2.24, 2.45) is 0 Å². The van der Waals surface area contributed by atoms with E-state index in [0.29, 0.717) is 6.61 Å². The minimum atomic E-state index is -0.274. The lowest BCUT2D eigenvalue weighted by molar-refractivity contribution is 0.183. The van der Waals surface area contributed by atoms with E-state index in [2.05, 4.69) is 38.7 Å². The van der Waals surface area contributed by atoms with Crippen molar-refractivity contribution in [3.63, 3.8) is 0 Å². The van der Waals surface area contributed by atoms with Gasteiger partial charge < -0.3 is 15.4 Å². The van der Waals surface area contributed by atoms with Gasteiger partial charge in [0.15, 0.2) is 0 Å². The van der Waals surface area contributed by atoms with Gasteiger partial charge in [-0.25, -0.2) is 4.79 Å². The first kappa shape index (κ1) is 17.0. The number of benzene rings is 2. The van der Waals surface area contributed by atoms with Gasteiger partial charge >= 0.3 is 6.03 Å². The molecule has 1 fully saturated rings. The lowest BCUT2D eigenvalue weighted by atomic mass is 9.72. The summed E-state index contributed by atoms with van der Waals surface area (Å²) in [6.45, 7) is 0.466. The average Bonchev–Trinajstić information content (AvgIpc) is 2.53. The SMILES string of the molecule is COCc1ccccc1NC(=O)NC1(c2cccc(Br)c2)CCC1. The summed E-state index contributed by atoms with van der Waals surface area (Å²) in [5.41, 5.74) is 2.61. The number of urea groups is 1. The van der Waals surface area contributed by atoms with Crippen LogP contribution in [0.25, 0.3) is 0 Å². The van der Waals surface area contributed by atoms with E-state index < -0.39 is 0 Å². The Morgan fingerprint density at radius 2 is 2.00 bits per heavy atom. The molecule has 24 heavy (non-hydrogen) atoms. The van der Waals surface area contributed by atoms with Crippen molar-refractivity contribution in [1.82, 2.24) is 5.32 Å². The number of amides is 2. The second-order valence-electron chi connectivity index (χ2n) is 6.12. The van der Waals surface area contributed by atoms with Crippen molar-refractivity contribution < 1.29 is 9.53 Å². The maximum absolute atomic E-state index is 12.6. The summed E-state index contributed by atoms with van der Waals surface area (Å²) in [7, 11) is 1.65. The number of para-hydroxylation sites is 1. The van der Waals surface area contributed by atoms with Gasteiger partial charge in [0.25, 0.3) is 0 Å². The van der Waals surface area contributed by atoms with Gasteiger partial charge in [-0.05, 0) is 43.0 Å². The topological polar surface area (TPSA) is 50.4 Å². The fourth-order valence-corrected chi connectivity index (χ4v) is 3.50. The zero-order valence-corrected chi connectivity index (χ0v) is 15.2. The molecule has 0 bridgehead atoms. The third-order valence-corrected chi connectivity index (χ3v) is 5.00. The highest BCUT2D eigenvalue weighted by molar-refractivity contribution is 9.10. The zero-order chi connectivity index (χ0) is 17.0. The molecule has 2 aromatic carbocycles. The molecule has 126 valence electrons. The summed E-state index contributed by atoms with van der Waals surface area (Å²) in [5, 5.41) is 6.14. The maximum atomic E-state index is 12.6. The fourth-order valence-electron chi connectivity index (χ4n) is 3.10. The fraction of sp³-hybridized carbons (Fsp3) is 0.316. The third-order valence-electron chi connectivity index (χ3n) is 4.50. The summed E-state index contributed by atoms with van der Waals surface area (Å²) in [4.78, 5) is 12.6. The molecule has 1 aliphatic rings. The Labute approximate surface area is 150 Å². The Bertz CT molecular complexity index is 729. The number of hydrogen-bond donors (Lipinski definition) is 2. The molecule has 1 saturated carbocycles. The molecule has 0 atom stereocenters. The van der Waals surface area contributed by atoms with Crippen LogP contribution in [0.3, 0.4) is 0 Å². The Balaban J connectivity index is 1.74. The minimum Gasteiger partial charge on any atom is -0.380 e. The number of halogens is 1. The minimum absolute atomic E-state index is 0.182. The van der Waals surface area contributed by atoms with E-state index in [4.69, 9.17) is 4.74 Å². The molecule has 4 nitrogen and oxygen atoms in total. The number of methoxy groups -OCH3 is 1. The van der Waals surface area contributed by atoms with Crippen LogP contribution in [0, 0.1) is 0 Å². The van der Waals surface area contributed by atoms with Crippen LogP contribution < -0.4 is 10.6 Å². The first-order chi connectivity index (χ1) is 11.6. The van der Waals surface area contributed by atoms with E-state index in [1.165, 1.54) is 0 Å². The van der Waals surface area contributed by atoms with E-state index in [0.717, 1.165) is 40.5 Å². The van der Waals surface area contributed by atoms with Gasteiger partial charge in [0, 0.05) is 22.8 Å². The van der Waals surface area contributed by atoms with Crippen LogP contribution in [0.5, 0.6) is 0 Å². The van der Waals surface area contributed by atoms with Crippen LogP contribution in [0.4, 0.5) is 10.5 Å². The van der Waals surface area contributed by atoms with Crippen molar-refractivity contribution in [3.05, 3.63) is 64.1 Å². The van der Waals surface area contributed by atoms with E-state index >= 15 is 0 Å². The Kier molecular flexibility index (Phi) is 5.21. The molecular formula is C19H21BrN2O2. The largest absolute Gasteiger partial charge is 0.380 e. The third kappa shape index (κ3) is 3.62. The molecule has 0 unspecified atom stereocenters. The Morgan fingerprint density at radius 1 is 1.21 bits per heavy atom. The molecule has 3 rings (SSSR count). The standard InChI is InChI=1S/C19H21BrN2O2/c1-24-13-14-6-2-3-9-17(14)21-18(23)22-19(10-5-11-19)15-7-4-8-16(20)12-15/h2-4,6-9,12H,5,10-11,13H2,1H3,(H2,21,22,23). The first-order valence-electron chi connectivity index (χ1n) is 8.05. The van der Waals surface area contributed by atoms with Crippen LogP contribution in [-0.4, -0.2) is 13.1 Å². The highest BCUT2D eigenvalue weighted by atomic mass is 79.9. The Morgan fingerprint density at radius 3 is 2.67 bits per heavy atom. The predicted octanol–water partition coefficient (Wildman–Crippen LogP) is 4.80. The maximum Gasteiger partial charge on any atom is 0.319 e. The van der Waals surface area contributed by atoms with Crippen LogP contribution in [0.15, 0.2) is 53.0 Å². The van der Waals surface area contributed by atoms with Gasteiger partial charge in [-0.15, -0.1) is 0 Å². The van der Waals surface area contributed by atoms with Crippen molar-refractivity contribution in [2.45, 2.75) is 31.4 Å². The molecule has 0 heterocycles. The lowest BCUT2D eigenvalue weighted by Crippen LogP contribution is -2.52. The van der Waals surface area contributed by atoms with Gasteiger partial charge in [0.05, 0.1) is 12.1 Å². The Hall–Kier alpha value is -1.85. The predicted molar refractivity (Wildman–Crippen MR) is 99.0 cm³/mol. The normalized spacial score (nSPS) is 15.4. The number of carbonyl (C=O) groups excluding carboxylic acids is 1. The molecule has 2 amide bonds. The summed E-state index contributed by atoms with van der Waals surface area (Å²) in [5.74, 6) is 0. The molecule has 0 radical (unpaired) electrons. The van der Waals surface area contributed by atoms with Crippen LogP contribution >= 0.6 is 15.9 Å². The number of carbonyl (C=O) groups is 1. The smallest absolute Gasteiger partial charge is 0.319 e. The highest BCUT2D eigenvalue weighted by Crippen LogP contribution is 2.42. The summed E-state index contributed by atoms with van der Waals surface area (Å²) in [6.07, 6.45) is 3.03. The second kappa shape index (κ2) is 7.36. The lowest BCUT2D eigenvalue weighted by Gasteiger charge is -2.43. The van der Waals surface area contributed by atoms with Gasteiger partial charge in [-0.3, -0.25) is 0 Å². The number of rotatable bonds is 5. The number of nitrogens with one attached hydrogen (secondary N) is 2. The molecule has 0 spiro atoms. The van der Waals surface area contributed by atoms with E-state index in [1.54, 1.807) is 7.11 Å². The van der Waals surface area contributed by atoms with Gasteiger partial charge in [-0.2, -0.15) is 0 Å². The number of hydrogen-bond acceptors (Lipinski definition) is 2. The molecule has 2 aromatic rings. The number of anilines is 1. The van der Waals surface area contributed by atoms with Gasteiger partial charge in [-0.1, -0.05) is 46.3 Å². The van der Waals surface area contributed by atoms with Crippen molar-refractivity contribution in [1.29, 1.82) is 0 Å². The quantitative estimate of drug-likeness (QED) is 0.772. The first-order valence-corrected chi connectivity index (χ1v) is 8.84. The molecule has 5 heteroatoms. The molecule has 1 aliphatic carbocycles. The van der Waals surface area contributed by atoms with E-state index in [-0.39, 0.29) is 11.6 Å². The second-order valence-corrected chi connectivity index (χ2v) is 7.03. The zero-order valence-electron chi connectivity index (χ0n) is 13.6. The van der Waals surface area contributed by atoms with Gasteiger partial charge in [0.1, 0.15) is 0 Å². The molecule has 0 saturated heterocycles. The highest BCUT2D eigenvalue weighted by Gasteiger charge is 2.40. The molecule has 0 aromatic heterocycles.